The minimum atomic E-state index is 0.474. The second-order valence-corrected chi connectivity index (χ2v) is 5.26. The summed E-state index contributed by atoms with van der Waals surface area (Å²) < 4.78 is 0. The summed E-state index contributed by atoms with van der Waals surface area (Å²) in [5.41, 5.74) is 2.95. The van der Waals surface area contributed by atoms with Gasteiger partial charge in [-0.15, -0.1) is 0 Å². The molecule has 1 aliphatic rings. The van der Waals surface area contributed by atoms with Crippen molar-refractivity contribution in [1.82, 2.24) is 9.88 Å². The van der Waals surface area contributed by atoms with E-state index in [2.05, 4.69) is 51.2 Å². The maximum Gasteiger partial charge on any atom is 0.140 e. The van der Waals surface area contributed by atoms with Gasteiger partial charge in [0, 0.05) is 32.7 Å². The van der Waals surface area contributed by atoms with Crippen LogP contribution < -0.4 is 4.90 Å². The van der Waals surface area contributed by atoms with Gasteiger partial charge < -0.3 is 4.90 Å². The number of benzene rings is 1. The van der Waals surface area contributed by atoms with Crippen LogP contribution in [0.4, 0.5) is 5.69 Å². The zero-order valence-corrected chi connectivity index (χ0v) is 11.9. The number of nitriles is 1. The molecular weight excluding hydrogens is 260 g/mol. The lowest BCUT2D eigenvalue weighted by molar-refractivity contribution is 0.250. The zero-order chi connectivity index (χ0) is 14.5. The van der Waals surface area contributed by atoms with Crippen molar-refractivity contribution in [3.63, 3.8) is 0 Å². The fraction of sp³-hybridized carbons (Fsp3) is 0.294. The average Bonchev–Trinajstić information content (AvgIpc) is 2.57. The van der Waals surface area contributed by atoms with Gasteiger partial charge in [0.1, 0.15) is 11.8 Å². The molecular formula is C17H18N4. The Bertz CT molecular complexity index is 607. The number of anilines is 1. The number of hydrogen-bond donors (Lipinski definition) is 0. The van der Waals surface area contributed by atoms with E-state index in [1.54, 1.807) is 12.3 Å². The van der Waals surface area contributed by atoms with Gasteiger partial charge in [0.15, 0.2) is 0 Å². The van der Waals surface area contributed by atoms with Gasteiger partial charge in [-0.05, 0) is 17.7 Å². The predicted octanol–water partition coefficient (Wildman–Crippen LogP) is 2.28. The smallest absolute Gasteiger partial charge is 0.140 e. The van der Waals surface area contributed by atoms with E-state index in [-0.39, 0.29) is 0 Å². The molecule has 0 spiro atoms. The molecule has 0 aliphatic carbocycles. The van der Waals surface area contributed by atoms with Crippen molar-refractivity contribution >= 4 is 5.69 Å². The summed E-state index contributed by atoms with van der Waals surface area (Å²) >= 11 is 0. The number of aromatic nitrogens is 1. The molecule has 0 saturated carbocycles. The van der Waals surface area contributed by atoms with Gasteiger partial charge in [0.05, 0.1) is 11.9 Å². The molecule has 1 saturated heterocycles. The van der Waals surface area contributed by atoms with Crippen LogP contribution in [0, 0.1) is 11.3 Å². The topological polar surface area (TPSA) is 43.2 Å². The molecule has 2 aromatic rings. The molecule has 106 valence electrons. The second-order valence-electron chi connectivity index (χ2n) is 5.26. The molecule has 0 atom stereocenters. The second kappa shape index (κ2) is 6.38. The van der Waals surface area contributed by atoms with Gasteiger partial charge in [-0.3, -0.25) is 4.90 Å². The Balaban J connectivity index is 1.56. The van der Waals surface area contributed by atoms with E-state index in [9.17, 15) is 0 Å². The summed E-state index contributed by atoms with van der Waals surface area (Å²) in [5.74, 6) is 0. The first-order valence-corrected chi connectivity index (χ1v) is 7.22. The van der Waals surface area contributed by atoms with Gasteiger partial charge in [-0.1, -0.05) is 30.3 Å². The van der Waals surface area contributed by atoms with E-state index in [1.165, 1.54) is 5.56 Å². The minimum absolute atomic E-state index is 0.474. The molecule has 4 nitrogen and oxygen atoms in total. The van der Waals surface area contributed by atoms with Crippen molar-refractivity contribution in [3.8, 4) is 6.07 Å². The lowest BCUT2D eigenvalue weighted by Gasteiger charge is -2.36. The summed E-state index contributed by atoms with van der Waals surface area (Å²) in [7, 11) is 0. The lowest BCUT2D eigenvalue weighted by Crippen LogP contribution is -2.46. The number of pyridine rings is 1. The van der Waals surface area contributed by atoms with Crippen LogP contribution in [0.3, 0.4) is 0 Å². The summed E-state index contributed by atoms with van der Waals surface area (Å²) in [6, 6.07) is 16.4. The largest absolute Gasteiger partial charge is 0.368 e. The molecule has 0 radical (unpaired) electrons. The first kappa shape index (κ1) is 13.6. The number of hydrogen-bond acceptors (Lipinski definition) is 4. The van der Waals surface area contributed by atoms with Gasteiger partial charge >= 0.3 is 0 Å². The van der Waals surface area contributed by atoms with Crippen LogP contribution in [0.1, 0.15) is 11.3 Å². The molecule has 3 rings (SSSR count). The third kappa shape index (κ3) is 3.39. The van der Waals surface area contributed by atoms with E-state index in [0.717, 1.165) is 38.4 Å². The Kier molecular flexibility index (Phi) is 4.13. The van der Waals surface area contributed by atoms with Crippen LogP contribution in [-0.4, -0.2) is 36.1 Å². The molecule has 21 heavy (non-hydrogen) atoms. The van der Waals surface area contributed by atoms with Crippen LogP contribution >= 0.6 is 0 Å². The van der Waals surface area contributed by atoms with Crippen LogP contribution in [0.15, 0.2) is 48.7 Å². The highest BCUT2D eigenvalue weighted by atomic mass is 15.3. The van der Waals surface area contributed by atoms with E-state index in [0.29, 0.717) is 5.69 Å². The highest BCUT2D eigenvalue weighted by molar-refractivity contribution is 5.46. The predicted molar refractivity (Wildman–Crippen MR) is 82.9 cm³/mol. The van der Waals surface area contributed by atoms with Crippen LogP contribution in [0.25, 0.3) is 0 Å². The molecule has 0 amide bonds. The molecule has 2 heterocycles. The van der Waals surface area contributed by atoms with Gasteiger partial charge in [-0.25, -0.2) is 4.98 Å². The first-order valence-electron chi connectivity index (χ1n) is 7.22. The Hall–Kier alpha value is -2.38. The number of rotatable bonds is 3. The van der Waals surface area contributed by atoms with Crippen molar-refractivity contribution in [2.24, 2.45) is 0 Å². The summed E-state index contributed by atoms with van der Waals surface area (Å²) in [6.45, 7) is 5.12. The molecule has 1 aromatic carbocycles. The van der Waals surface area contributed by atoms with Crippen molar-refractivity contribution in [2.45, 2.75) is 6.54 Å². The fourth-order valence-electron chi connectivity index (χ4n) is 2.65. The maximum absolute atomic E-state index is 8.78. The Morgan fingerprint density at radius 3 is 2.38 bits per heavy atom. The molecule has 4 heteroatoms. The molecule has 1 aromatic heterocycles. The monoisotopic (exact) mass is 278 g/mol. The highest BCUT2D eigenvalue weighted by Crippen LogP contribution is 2.16. The Morgan fingerprint density at radius 1 is 1.00 bits per heavy atom. The highest BCUT2D eigenvalue weighted by Gasteiger charge is 2.17. The molecule has 0 N–H and O–H groups in total. The minimum Gasteiger partial charge on any atom is -0.368 e. The van der Waals surface area contributed by atoms with Crippen LogP contribution in [0.5, 0.6) is 0 Å². The normalized spacial score (nSPS) is 15.7. The van der Waals surface area contributed by atoms with E-state index in [1.807, 2.05) is 6.07 Å². The van der Waals surface area contributed by atoms with Gasteiger partial charge in [0.25, 0.3) is 0 Å². The maximum atomic E-state index is 8.78. The van der Waals surface area contributed by atoms with Crippen LogP contribution in [-0.2, 0) is 6.54 Å². The summed E-state index contributed by atoms with van der Waals surface area (Å²) in [6.07, 6.45) is 1.80. The quantitative estimate of drug-likeness (QED) is 0.864. The Labute approximate surface area is 125 Å². The first-order chi connectivity index (χ1) is 10.3. The SMILES string of the molecule is N#Cc1ccc(N2CCN(Cc3ccccc3)CC2)cn1. The van der Waals surface area contributed by atoms with Crippen molar-refractivity contribution < 1.29 is 0 Å². The summed E-state index contributed by atoms with van der Waals surface area (Å²) in [4.78, 5) is 8.95. The standard InChI is InChI=1S/C17H18N4/c18-12-16-6-7-17(13-19-16)21-10-8-20(9-11-21)14-15-4-2-1-3-5-15/h1-7,13H,8-11,14H2. The average molecular weight is 278 g/mol. The number of nitrogens with zero attached hydrogens (tertiary/aromatic N) is 4. The third-order valence-electron chi connectivity index (χ3n) is 3.85. The molecule has 0 bridgehead atoms. The van der Waals surface area contributed by atoms with Crippen molar-refractivity contribution in [1.29, 1.82) is 5.26 Å². The molecule has 0 unspecified atom stereocenters. The Morgan fingerprint density at radius 2 is 1.76 bits per heavy atom. The zero-order valence-electron chi connectivity index (χ0n) is 11.9. The third-order valence-corrected chi connectivity index (χ3v) is 3.85. The molecule has 1 fully saturated rings. The van der Waals surface area contributed by atoms with Crippen molar-refractivity contribution in [2.75, 3.05) is 31.1 Å². The van der Waals surface area contributed by atoms with Gasteiger partial charge in [-0.2, -0.15) is 5.26 Å². The molecule has 1 aliphatic heterocycles. The van der Waals surface area contributed by atoms with Crippen molar-refractivity contribution in [3.05, 3.63) is 59.9 Å². The summed E-state index contributed by atoms with van der Waals surface area (Å²) in [5, 5.41) is 8.78. The fourth-order valence-corrected chi connectivity index (χ4v) is 2.65. The number of piperazine rings is 1. The van der Waals surface area contributed by atoms with E-state index < -0.39 is 0 Å². The lowest BCUT2D eigenvalue weighted by atomic mass is 10.2. The van der Waals surface area contributed by atoms with Gasteiger partial charge in [0.2, 0.25) is 0 Å². The van der Waals surface area contributed by atoms with E-state index >= 15 is 0 Å². The van der Waals surface area contributed by atoms with Crippen LogP contribution in [0.2, 0.25) is 0 Å². The van der Waals surface area contributed by atoms with E-state index in [4.69, 9.17) is 5.26 Å².